The molecule has 0 saturated heterocycles. The van der Waals surface area contributed by atoms with E-state index in [0.717, 1.165) is 11.2 Å². The van der Waals surface area contributed by atoms with E-state index in [-0.39, 0.29) is 13.1 Å². The molecule has 19 heavy (non-hydrogen) atoms. The van der Waals surface area contributed by atoms with Gasteiger partial charge in [-0.05, 0) is 20.3 Å². The molecule has 0 aliphatic heterocycles. The van der Waals surface area contributed by atoms with Gasteiger partial charge in [0.1, 0.15) is 5.54 Å². The van der Waals surface area contributed by atoms with E-state index >= 15 is 0 Å². The third-order valence-electron chi connectivity index (χ3n) is 2.66. The number of nitrogens with one attached hydrogen (secondary N) is 2. The highest BCUT2D eigenvalue weighted by molar-refractivity contribution is 7.88. The number of hydrogen-bond donors (Lipinski definition) is 3. The lowest BCUT2D eigenvalue weighted by Gasteiger charge is -2.31. The molecule has 0 unspecified atom stereocenters. The van der Waals surface area contributed by atoms with Crippen LogP contribution in [-0.2, 0) is 14.8 Å². The molecule has 0 fully saturated rings. The molecule has 2 amide bonds. The topological polar surface area (TPSA) is 116 Å². The first-order valence-corrected chi connectivity index (χ1v) is 7.57. The molecule has 0 aliphatic carbocycles. The molecule has 0 atom stereocenters. The zero-order valence-electron chi connectivity index (χ0n) is 11.6. The highest BCUT2D eigenvalue weighted by atomic mass is 32.2. The normalized spacial score (nSPS) is 12.0. The zero-order valence-corrected chi connectivity index (χ0v) is 12.4. The molecule has 0 radical (unpaired) electrons. The second-order valence-corrected chi connectivity index (χ2v) is 6.51. The summed E-state index contributed by atoms with van der Waals surface area (Å²) in [6.45, 7) is 3.30. The fourth-order valence-corrected chi connectivity index (χ4v) is 1.57. The second-order valence-electron chi connectivity index (χ2n) is 4.68. The van der Waals surface area contributed by atoms with Crippen LogP contribution in [-0.4, -0.2) is 62.4 Å². The van der Waals surface area contributed by atoms with Crippen LogP contribution >= 0.6 is 0 Å². The van der Waals surface area contributed by atoms with Crippen molar-refractivity contribution in [3.63, 3.8) is 0 Å². The van der Waals surface area contributed by atoms with Crippen molar-refractivity contribution < 1.29 is 23.1 Å². The second kappa shape index (κ2) is 6.71. The van der Waals surface area contributed by atoms with Crippen molar-refractivity contribution in [3.8, 4) is 0 Å². The molecule has 0 spiro atoms. The van der Waals surface area contributed by atoms with Crippen molar-refractivity contribution in [2.75, 3.05) is 26.4 Å². The summed E-state index contributed by atoms with van der Waals surface area (Å²) in [4.78, 5) is 23.7. The Labute approximate surface area is 113 Å². The maximum atomic E-state index is 11.7. The van der Waals surface area contributed by atoms with Gasteiger partial charge in [0.05, 0.1) is 6.26 Å². The Morgan fingerprint density at radius 3 is 2.21 bits per heavy atom. The number of rotatable bonds is 7. The van der Waals surface area contributed by atoms with Gasteiger partial charge in [-0.25, -0.2) is 22.7 Å². The van der Waals surface area contributed by atoms with Crippen molar-refractivity contribution in [3.05, 3.63) is 0 Å². The van der Waals surface area contributed by atoms with E-state index in [9.17, 15) is 18.0 Å². The molecular weight excluding hydrogens is 274 g/mol. The van der Waals surface area contributed by atoms with E-state index in [2.05, 4.69) is 10.0 Å². The van der Waals surface area contributed by atoms with Gasteiger partial charge in [-0.15, -0.1) is 0 Å². The van der Waals surface area contributed by atoms with Crippen LogP contribution < -0.4 is 10.0 Å². The van der Waals surface area contributed by atoms with E-state index in [1.807, 2.05) is 0 Å². The summed E-state index contributed by atoms with van der Waals surface area (Å²) in [6, 6.07) is -0.522. The Balaban J connectivity index is 4.09. The molecule has 0 rings (SSSR count). The molecule has 9 heteroatoms. The van der Waals surface area contributed by atoms with Crippen molar-refractivity contribution in [2.45, 2.75) is 25.8 Å². The average Bonchev–Trinajstić information content (AvgIpc) is 2.25. The molecule has 3 N–H and O–H groups in total. The van der Waals surface area contributed by atoms with E-state index in [1.54, 1.807) is 0 Å². The van der Waals surface area contributed by atoms with Crippen LogP contribution in [0.4, 0.5) is 4.79 Å². The molecule has 0 heterocycles. The molecule has 0 aromatic heterocycles. The number of amides is 2. The van der Waals surface area contributed by atoms with Crippen LogP contribution in [0, 0.1) is 0 Å². The highest BCUT2D eigenvalue weighted by Crippen LogP contribution is 2.12. The SMILES string of the molecule is CN(C(=O)NCCCNS(C)(=O)=O)C(C)(C)C(=O)O. The summed E-state index contributed by atoms with van der Waals surface area (Å²) < 4.78 is 23.8. The first-order valence-electron chi connectivity index (χ1n) is 5.68. The predicted octanol–water partition coefficient (Wildman–Crippen LogP) is -0.570. The Hall–Kier alpha value is -1.35. The maximum absolute atomic E-state index is 11.7. The number of carbonyl (C=O) groups excluding carboxylic acids is 1. The van der Waals surface area contributed by atoms with Crippen LogP contribution in [0.2, 0.25) is 0 Å². The minimum Gasteiger partial charge on any atom is -0.480 e. The van der Waals surface area contributed by atoms with Gasteiger partial charge in [-0.1, -0.05) is 0 Å². The van der Waals surface area contributed by atoms with Gasteiger partial charge in [-0.3, -0.25) is 0 Å². The molecule has 0 aromatic rings. The van der Waals surface area contributed by atoms with Crippen LogP contribution in [0.5, 0.6) is 0 Å². The van der Waals surface area contributed by atoms with Gasteiger partial charge in [0.15, 0.2) is 0 Å². The minimum absolute atomic E-state index is 0.213. The Bertz CT molecular complexity index is 432. The number of nitrogens with zero attached hydrogens (tertiary/aromatic N) is 1. The van der Waals surface area contributed by atoms with Crippen molar-refractivity contribution >= 4 is 22.0 Å². The number of urea groups is 1. The van der Waals surface area contributed by atoms with Gasteiger partial charge in [0.2, 0.25) is 10.0 Å². The summed E-state index contributed by atoms with van der Waals surface area (Å²) in [5.74, 6) is -1.11. The lowest BCUT2D eigenvalue weighted by molar-refractivity contribution is -0.146. The van der Waals surface area contributed by atoms with Crippen molar-refractivity contribution in [1.29, 1.82) is 0 Å². The summed E-state index contributed by atoms with van der Waals surface area (Å²) in [7, 11) is -1.84. The minimum atomic E-state index is -3.23. The Kier molecular flexibility index (Phi) is 6.23. The quantitative estimate of drug-likeness (QED) is 0.544. The van der Waals surface area contributed by atoms with Crippen LogP contribution in [0.25, 0.3) is 0 Å². The van der Waals surface area contributed by atoms with Crippen molar-refractivity contribution in [2.24, 2.45) is 0 Å². The predicted molar refractivity (Wildman–Crippen MR) is 70.3 cm³/mol. The van der Waals surface area contributed by atoms with Crippen LogP contribution in [0.3, 0.4) is 0 Å². The number of sulfonamides is 1. The third kappa shape index (κ3) is 6.39. The standard InChI is InChI=1S/C10H21N3O5S/c1-10(2,8(14)15)13(3)9(16)11-6-5-7-12-19(4,17)18/h12H,5-7H2,1-4H3,(H,11,16)(H,14,15). The molecule has 8 nitrogen and oxygen atoms in total. The first-order chi connectivity index (χ1) is 8.48. The summed E-state index contributed by atoms with van der Waals surface area (Å²) in [6.07, 6.45) is 1.47. The number of carboxylic acid groups (broad SMARTS) is 1. The Morgan fingerprint density at radius 1 is 1.26 bits per heavy atom. The molecule has 0 aliphatic rings. The number of likely N-dealkylation sites (N-methyl/N-ethyl adjacent to an activating group) is 1. The molecular formula is C10H21N3O5S. The van der Waals surface area contributed by atoms with Gasteiger partial charge in [-0.2, -0.15) is 0 Å². The fraction of sp³-hybridized carbons (Fsp3) is 0.800. The largest absolute Gasteiger partial charge is 0.480 e. The van der Waals surface area contributed by atoms with Gasteiger partial charge >= 0.3 is 12.0 Å². The van der Waals surface area contributed by atoms with E-state index in [1.165, 1.54) is 20.9 Å². The summed E-state index contributed by atoms with van der Waals surface area (Å²) in [5.41, 5.74) is -1.31. The lowest BCUT2D eigenvalue weighted by atomic mass is 10.1. The number of carbonyl (C=O) groups is 2. The van der Waals surface area contributed by atoms with E-state index in [0.29, 0.717) is 6.42 Å². The number of aliphatic carboxylic acids is 1. The zero-order chi connectivity index (χ0) is 15.3. The Morgan fingerprint density at radius 2 is 1.79 bits per heavy atom. The number of carboxylic acids is 1. The molecule has 0 bridgehead atoms. The molecule has 0 saturated carbocycles. The van der Waals surface area contributed by atoms with Gasteiger partial charge in [0.25, 0.3) is 0 Å². The van der Waals surface area contributed by atoms with Crippen LogP contribution in [0.15, 0.2) is 0 Å². The number of hydrogen-bond acceptors (Lipinski definition) is 4. The highest BCUT2D eigenvalue weighted by Gasteiger charge is 2.34. The van der Waals surface area contributed by atoms with Gasteiger partial charge in [0, 0.05) is 20.1 Å². The van der Waals surface area contributed by atoms with Crippen LogP contribution in [0.1, 0.15) is 20.3 Å². The summed E-state index contributed by atoms with van der Waals surface area (Å²) in [5, 5.41) is 11.5. The lowest BCUT2D eigenvalue weighted by Crippen LogP contribution is -2.54. The summed E-state index contributed by atoms with van der Waals surface area (Å²) >= 11 is 0. The first kappa shape index (κ1) is 17.6. The van der Waals surface area contributed by atoms with E-state index < -0.39 is 27.6 Å². The average molecular weight is 295 g/mol. The maximum Gasteiger partial charge on any atom is 0.329 e. The smallest absolute Gasteiger partial charge is 0.329 e. The van der Waals surface area contributed by atoms with E-state index in [4.69, 9.17) is 5.11 Å². The van der Waals surface area contributed by atoms with Crippen molar-refractivity contribution in [1.82, 2.24) is 14.9 Å². The third-order valence-corrected chi connectivity index (χ3v) is 3.39. The fourth-order valence-electron chi connectivity index (χ4n) is 1.06. The molecule has 112 valence electrons. The molecule has 0 aromatic carbocycles. The monoisotopic (exact) mass is 295 g/mol. The van der Waals surface area contributed by atoms with Gasteiger partial charge < -0.3 is 15.3 Å².